The lowest BCUT2D eigenvalue weighted by atomic mass is 10.1. The van der Waals surface area contributed by atoms with Crippen molar-refractivity contribution in [2.24, 2.45) is 0 Å². The molecule has 0 amide bonds. The van der Waals surface area contributed by atoms with E-state index in [1.54, 1.807) is 0 Å². The summed E-state index contributed by atoms with van der Waals surface area (Å²) in [5.74, 6) is 2.06. The van der Waals surface area contributed by atoms with E-state index in [-0.39, 0.29) is 0 Å². The van der Waals surface area contributed by atoms with Crippen LogP contribution in [0.1, 0.15) is 18.2 Å². The summed E-state index contributed by atoms with van der Waals surface area (Å²) in [5, 5.41) is 8.47. The quantitative estimate of drug-likeness (QED) is 0.664. The molecule has 134 valence electrons. The second-order valence-corrected chi connectivity index (χ2v) is 7.75. The number of likely N-dealkylation sites (N-methyl/N-ethyl adjacent to an activating group) is 1. The molecule has 4 rings (SSSR count). The third-order valence-electron chi connectivity index (χ3n) is 4.92. The van der Waals surface area contributed by atoms with Crippen LogP contribution in [0.2, 0.25) is 0 Å². The maximum absolute atomic E-state index is 5.04. The number of hydrogen-bond acceptors (Lipinski definition) is 6. The van der Waals surface area contributed by atoms with Gasteiger partial charge in [-0.1, -0.05) is 12.2 Å². The van der Waals surface area contributed by atoms with Crippen LogP contribution >= 0.6 is 11.8 Å². The van der Waals surface area contributed by atoms with Crippen LogP contribution in [0.15, 0.2) is 23.2 Å². The zero-order valence-corrected chi connectivity index (χ0v) is 15.8. The molecule has 0 aromatic carbocycles. The zero-order valence-electron chi connectivity index (χ0n) is 15.0. The normalized spacial score (nSPS) is 19.0. The summed E-state index contributed by atoms with van der Waals surface area (Å²) in [7, 11) is 2.17. The van der Waals surface area contributed by atoms with E-state index < -0.39 is 0 Å². The van der Waals surface area contributed by atoms with E-state index in [1.807, 2.05) is 11.8 Å². The summed E-state index contributed by atoms with van der Waals surface area (Å²) in [6.45, 7) is 8.15. The Labute approximate surface area is 153 Å². The second-order valence-electron chi connectivity index (χ2n) is 6.72. The Hall–Kier alpha value is -1.57. The van der Waals surface area contributed by atoms with Crippen LogP contribution in [0.25, 0.3) is 5.65 Å². The fourth-order valence-electron chi connectivity index (χ4n) is 3.54. The van der Waals surface area contributed by atoms with Crippen molar-refractivity contribution in [3.8, 4) is 0 Å². The van der Waals surface area contributed by atoms with Gasteiger partial charge < -0.3 is 15.1 Å². The average Bonchev–Trinajstić information content (AvgIpc) is 3.01. The Balaban J connectivity index is 1.79. The molecular weight excluding hydrogens is 332 g/mol. The van der Waals surface area contributed by atoms with Crippen molar-refractivity contribution in [2.45, 2.75) is 24.8 Å². The van der Waals surface area contributed by atoms with Crippen molar-refractivity contribution in [2.75, 3.05) is 50.4 Å². The average molecular weight is 359 g/mol. The standard InChI is InChI=1S/C18H26N6S/c1-3-4-11-25-16-17-20-12-14-13-22(2)8-5-15(14)24(17)21-18(16)23-9-6-19-7-10-23/h3-4,12,19H,5-11,13H2,1-2H3/b4-3-. The Morgan fingerprint density at radius 2 is 2.12 bits per heavy atom. The van der Waals surface area contributed by atoms with Gasteiger partial charge in [0.2, 0.25) is 0 Å². The molecule has 0 radical (unpaired) electrons. The Kier molecular flexibility index (Phi) is 4.96. The number of hydrogen-bond donors (Lipinski definition) is 1. The molecule has 4 heterocycles. The molecule has 7 heteroatoms. The number of fused-ring (bicyclic) bond motifs is 3. The minimum atomic E-state index is 0.957. The number of nitrogens with zero attached hydrogens (tertiary/aromatic N) is 5. The van der Waals surface area contributed by atoms with Crippen molar-refractivity contribution in [3.63, 3.8) is 0 Å². The fourth-order valence-corrected chi connectivity index (χ4v) is 4.56. The van der Waals surface area contributed by atoms with Crippen molar-refractivity contribution < 1.29 is 0 Å². The van der Waals surface area contributed by atoms with Crippen molar-refractivity contribution in [3.05, 3.63) is 29.6 Å². The Bertz CT molecular complexity index is 777. The topological polar surface area (TPSA) is 48.7 Å². The lowest BCUT2D eigenvalue weighted by Crippen LogP contribution is -2.44. The third-order valence-corrected chi connectivity index (χ3v) is 5.93. The van der Waals surface area contributed by atoms with E-state index >= 15 is 0 Å². The smallest absolute Gasteiger partial charge is 0.171 e. The molecule has 1 fully saturated rings. The molecule has 2 aliphatic heterocycles. The van der Waals surface area contributed by atoms with E-state index in [4.69, 9.17) is 10.1 Å². The molecule has 2 aromatic rings. The number of anilines is 1. The molecular formula is C18H26N6S. The van der Waals surface area contributed by atoms with Gasteiger partial charge in [0.25, 0.3) is 0 Å². The van der Waals surface area contributed by atoms with Crippen LogP contribution in [-0.2, 0) is 13.0 Å². The largest absolute Gasteiger partial charge is 0.352 e. The highest BCUT2D eigenvalue weighted by molar-refractivity contribution is 7.99. The zero-order chi connectivity index (χ0) is 17.2. The van der Waals surface area contributed by atoms with Gasteiger partial charge in [0, 0.05) is 63.2 Å². The summed E-state index contributed by atoms with van der Waals surface area (Å²) >= 11 is 1.85. The van der Waals surface area contributed by atoms with Crippen molar-refractivity contribution in [1.82, 2.24) is 24.8 Å². The van der Waals surface area contributed by atoms with E-state index in [2.05, 4.69) is 52.0 Å². The second kappa shape index (κ2) is 7.35. The summed E-state index contributed by atoms with van der Waals surface area (Å²) in [5.41, 5.74) is 3.66. The Morgan fingerprint density at radius 1 is 1.28 bits per heavy atom. The molecule has 0 spiro atoms. The van der Waals surface area contributed by atoms with E-state index in [0.29, 0.717) is 0 Å². The lowest BCUT2D eigenvalue weighted by Gasteiger charge is -2.28. The molecule has 6 nitrogen and oxygen atoms in total. The number of thioether (sulfide) groups is 1. The van der Waals surface area contributed by atoms with Gasteiger partial charge in [-0.3, -0.25) is 0 Å². The highest BCUT2D eigenvalue weighted by Gasteiger charge is 2.25. The van der Waals surface area contributed by atoms with Gasteiger partial charge in [-0.2, -0.15) is 0 Å². The number of allylic oxidation sites excluding steroid dienone is 1. The first-order valence-electron chi connectivity index (χ1n) is 9.05. The molecule has 2 aliphatic rings. The van der Waals surface area contributed by atoms with Crippen LogP contribution in [0.5, 0.6) is 0 Å². The first-order chi connectivity index (χ1) is 12.3. The van der Waals surface area contributed by atoms with E-state index in [0.717, 1.165) is 62.9 Å². The van der Waals surface area contributed by atoms with Gasteiger partial charge in [-0.05, 0) is 14.0 Å². The molecule has 0 saturated carbocycles. The van der Waals surface area contributed by atoms with Crippen molar-refractivity contribution >= 4 is 23.2 Å². The number of piperazine rings is 1. The predicted molar refractivity (Wildman–Crippen MR) is 104 cm³/mol. The van der Waals surface area contributed by atoms with Crippen LogP contribution < -0.4 is 10.2 Å². The van der Waals surface area contributed by atoms with Crippen LogP contribution in [0.3, 0.4) is 0 Å². The van der Waals surface area contributed by atoms with Gasteiger partial charge in [-0.25, -0.2) is 9.50 Å². The van der Waals surface area contributed by atoms with E-state index in [1.165, 1.54) is 16.2 Å². The SMILES string of the molecule is C/C=C\CSc1c(N2CCNCC2)nn2c3c(cnc12)CN(C)CC3. The molecule has 0 atom stereocenters. The number of rotatable bonds is 4. The first-order valence-corrected chi connectivity index (χ1v) is 10.0. The minimum Gasteiger partial charge on any atom is -0.352 e. The maximum Gasteiger partial charge on any atom is 0.171 e. The molecule has 25 heavy (non-hydrogen) atoms. The predicted octanol–water partition coefficient (Wildman–Crippen LogP) is 1.79. The van der Waals surface area contributed by atoms with Gasteiger partial charge in [0.05, 0.1) is 10.6 Å². The highest BCUT2D eigenvalue weighted by atomic mass is 32.2. The highest BCUT2D eigenvalue weighted by Crippen LogP contribution is 2.34. The van der Waals surface area contributed by atoms with Crippen LogP contribution in [0, 0.1) is 0 Å². The van der Waals surface area contributed by atoms with E-state index in [9.17, 15) is 0 Å². The molecule has 0 unspecified atom stereocenters. The summed E-state index contributed by atoms with van der Waals surface area (Å²) in [6.07, 6.45) is 7.40. The summed E-state index contributed by atoms with van der Waals surface area (Å²) in [6, 6.07) is 0. The van der Waals surface area contributed by atoms with Gasteiger partial charge in [0.15, 0.2) is 11.5 Å². The maximum atomic E-state index is 5.04. The minimum absolute atomic E-state index is 0.957. The molecule has 2 aromatic heterocycles. The molecule has 0 aliphatic carbocycles. The third kappa shape index (κ3) is 3.28. The first kappa shape index (κ1) is 16.9. The van der Waals surface area contributed by atoms with Crippen molar-refractivity contribution in [1.29, 1.82) is 0 Å². The molecule has 1 N–H and O–H groups in total. The Morgan fingerprint density at radius 3 is 2.92 bits per heavy atom. The fraction of sp³-hybridized carbons (Fsp3) is 0.556. The monoisotopic (exact) mass is 358 g/mol. The van der Waals surface area contributed by atoms with Gasteiger partial charge in [-0.15, -0.1) is 16.9 Å². The molecule has 1 saturated heterocycles. The number of nitrogens with one attached hydrogen (secondary N) is 1. The van der Waals surface area contributed by atoms with Gasteiger partial charge >= 0.3 is 0 Å². The lowest BCUT2D eigenvalue weighted by molar-refractivity contribution is 0.307. The molecule has 0 bridgehead atoms. The summed E-state index contributed by atoms with van der Waals surface area (Å²) < 4.78 is 2.12. The van der Waals surface area contributed by atoms with Gasteiger partial charge in [0.1, 0.15) is 0 Å². The summed E-state index contributed by atoms with van der Waals surface area (Å²) in [4.78, 5) is 10.8. The van der Waals surface area contributed by atoms with Crippen LogP contribution in [-0.4, -0.2) is 65.0 Å². The van der Waals surface area contributed by atoms with Crippen LogP contribution in [0.4, 0.5) is 5.82 Å². The number of aromatic nitrogens is 3.